The van der Waals surface area contributed by atoms with Gasteiger partial charge in [-0.2, -0.15) is 0 Å². The average molecular weight is 400 g/mol. The molecule has 0 saturated carbocycles. The summed E-state index contributed by atoms with van der Waals surface area (Å²) in [5, 5.41) is -0.326. The minimum absolute atomic E-state index is 0.137. The van der Waals surface area contributed by atoms with Crippen LogP contribution in [0.15, 0.2) is 17.1 Å². The number of nitrogens with zero attached hydrogens (tertiary/aromatic N) is 1. The molecule has 0 aromatic rings. The van der Waals surface area contributed by atoms with Gasteiger partial charge in [0.2, 0.25) is 8.32 Å². The number of aliphatic imine (C=N–C) groups is 1. The van der Waals surface area contributed by atoms with E-state index in [1.807, 2.05) is 0 Å². The van der Waals surface area contributed by atoms with E-state index >= 15 is 0 Å². The molecule has 0 fully saturated rings. The number of carbonyl (C=O) groups is 1. The Labute approximate surface area is 163 Å². The molecular formula is C20H41NO3Si2. The molecule has 152 valence electrons. The Bertz CT molecular complexity index is 519. The molecule has 0 spiro atoms. The lowest BCUT2D eigenvalue weighted by Gasteiger charge is -2.50. The van der Waals surface area contributed by atoms with Gasteiger partial charge in [-0.05, 0) is 59.8 Å². The highest BCUT2D eigenvalue weighted by Gasteiger charge is 2.51. The standard InChI is InChI=1S/C20H41NO3Si2/c1-12-19(5,21-7)26(10,11)24-20(6,13-2)25(8,9)16-14-15-23-18(22)17(3)4/h3,7,12-16H2,1-2,4-6,8-11H3. The second-order valence-corrected chi connectivity index (χ2v) is 18.5. The first-order chi connectivity index (χ1) is 11.7. The van der Waals surface area contributed by atoms with Crippen LogP contribution in [0.3, 0.4) is 0 Å². The highest BCUT2D eigenvalue weighted by atomic mass is 28.4. The van der Waals surface area contributed by atoms with Gasteiger partial charge in [-0.1, -0.05) is 39.6 Å². The summed E-state index contributed by atoms with van der Waals surface area (Å²) >= 11 is 0. The van der Waals surface area contributed by atoms with Gasteiger partial charge in [0.25, 0.3) is 0 Å². The van der Waals surface area contributed by atoms with Crippen molar-refractivity contribution in [1.29, 1.82) is 0 Å². The van der Waals surface area contributed by atoms with Crippen molar-refractivity contribution < 1.29 is 14.0 Å². The quantitative estimate of drug-likeness (QED) is 0.142. The first kappa shape index (κ1) is 25.3. The Balaban J connectivity index is 5.16. The maximum atomic E-state index is 11.5. The number of carbonyl (C=O) groups excluding carboxylic acids is 1. The molecule has 0 aliphatic rings. The third-order valence-corrected chi connectivity index (χ3v) is 15.6. The van der Waals surface area contributed by atoms with E-state index in [0.29, 0.717) is 12.2 Å². The summed E-state index contributed by atoms with van der Waals surface area (Å²) in [6.07, 6.45) is 2.78. The van der Waals surface area contributed by atoms with Gasteiger partial charge >= 0.3 is 5.97 Å². The molecule has 0 rings (SSSR count). The van der Waals surface area contributed by atoms with Crippen LogP contribution in [0, 0.1) is 0 Å². The van der Waals surface area contributed by atoms with Crippen molar-refractivity contribution in [2.75, 3.05) is 6.61 Å². The molecule has 0 amide bonds. The normalized spacial score (nSPS) is 17.1. The molecule has 2 atom stereocenters. The van der Waals surface area contributed by atoms with Gasteiger partial charge < -0.3 is 9.16 Å². The maximum Gasteiger partial charge on any atom is 0.333 e. The van der Waals surface area contributed by atoms with Crippen molar-refractivity contribution in [1.82, 2.24) is 0 Å². The fourth-order valence-corrected chi connectivity index (χ4v) is 10.3. The van der Waals surface area contributed by atoms with Gasteiger partial charge in [0.15, 0.2) is 0 Å². The summed E-state index contributed by atoms with van der Waals surface area (Å²) in [5.41, 5.74) is 0.451. The van der Waals surface area contributed by atoms with Gasteiger partial charge in [0.1, 0.15) is 0 Å². The highest BCUT2D eigenvalue weighted by molar-refractivity contribution is 6.82. The number of rotatable bonds is 12. The largest absolute Gasteiger partial charge is 0.462 e. The van der Waals surface area contributed by atoms with E-state index in [9.17, 15) is 4.79 Å². The van der Waals surface area contributed by atoms with Crippen LogP contribution in [-0.4, -0.2) is 46.1 Å². The van der Waals surface area contributed by atoms with Crippen LogP contribution < -0.4 is 0 Å². The first-order valence-electron chi connectivity index (χ1n) is 9.72. The lowest BCUT2D eigenvalue weighted by Crippen LogP contribution is -2.64. The van der Waals surface area contributed by atoms with Gasteiger partial charge in [-0.25, -0.2) is 4.79 Å². The lowest BCUT2D eigenvalue weighted by molar-refractivity contribution is -0.138. The van der Waals surface area contributed by atoms with Crippen LogP contribution in [-0.2, 0) is 14.0 Å². The van der Waals surface area contributed by atoms with Crippen LogP contribution in [0.4, 0.5) is 0 Å². The van der Waals surface area contributed by atoms with Crippen LogP contribution in [0.5, 0.6) is 0 Å². The lowest BCUT2D eigenvalue weighted by atomic mass is 10.3. The molecule has 26 heavy (non-hydrogen) atoms. The van der Waals surface area contributed by atoms with Crippen LogP contribution in [0.2, 0.25) is 32.2 Å². The van der Waals surface area contributed by atoms with E-state index in [4.69, 9.17) is 9.16 Å². The Hall–Kier alpha value is -0.726. The average Bonchev–Trinajstić information content (AvgIpc) is 2.56. The highest BCUT2D eigenvalue weighted by Crippen LogP contribution is 2.39. The molecule has 0 aromatic carbocycles. The molecule has 0 aliphatic carbocycles. The van der Waals surface area contributed by atoms with E-state index in [-0.39, 0.29) is 16.4 Å². The van der Waals surface area contributed by atoms with Crippen LogP contribution in [0.1, 0.15) is 53.9 Å². The van der Waals surface area contributed by atoms with Crippen molar-refractivity contribution in [2.24, 2.45) is 4.99 Å². The number of hydrogen-bond acceptors (Lipinski definition) is 4. The second kappa shape index (κ2) is 9.46. The van der Waals surface area contributed by atoms with E-state index in [1.54, 1.807) is 6.92 Å². The fourth-order valence-electron chi connectivity index (χ4n) is 3.16. The molecule has 0 radical (unpaired) electrons. The molecule has 0 heterocycles. The number of esters is 1. The van der Waals surface area contributed by atoms with Gasteiger partial charge in [-0.3, -0.25) is 4.99 Å². The molecule has 0 N–H and O–H groups in total. The van der Waals surface area contributed by atoms with E-state index in [2.05, 4.69) is 72.2 Å². The summed E-state index contributed by atoms with van der Waals surface area (Å²) in [5.74, 6) is -0.303. The van der Waals surface area contributed by atoms with Gasteiger partial charge in [0, 0.05) is 10.8 Å². The Morgan fingerprint density at radius 3 is 2.04 bits per heavy atom. The second-order valence-electron chi connectivity index (χ2n) is 8.89. The van der Waals surface area contributed by atoms with E-state index < -0.39 is 16.4 Å². The fraction of sp³-hybridized carbons (Fsp3) is 0.800. The van der Waals surface area contributed by atoms with E-state index in [0.717, 1.165) is 25.3 Å². The SMILES string of the molecule is C=NC(C)(CC)[Si](C)(C)OC(C)(CC)[Si](C)(C)CCCOC(=O)C(=C)C. The zero-order valence-electron chi connectivity index (χ0n) is 18.6. The molecular weight excluding hydrogens is 358 g/mol. The van der Waals surface area contributed by atoms with Crippen LogP contribution in [0.25, 0.3) is 0 Å². The smallest absolute Gasteiger partial charge is 0.333 e. The summed E-state index contributed by atoms with van der Waals surface area (Å²) in [6.45, 7) is 27.7. The zero-order chi connectivity index (χ0) is 20.8. The van der Waals surface area contributed by atoms with Crippen molar-refractivity contribution >= 4 is 29.1 Å². The topological polar surface area (TPSA) is 47.9 Å². The van der Waals surface area contributed by atoms with Gasteiger partial charge in [-0.15, -0.1) is 0 Å². The summed E-state index contributed by atoms with van der Waals surface area (Å²) < 4.78 is 12.2. The molecule has 0 aliphatic heterocycles. The zero-order valence-corrected chi connectivity index (χ0v) is 20.6. The summed E-state index contributed by atoms with van der Waals surface area (Å²) in [7, 11) is -3.83. The van der Waals surface area contributed by atoms with Crippen molar-refractivity contribution in [3.63, 3.8) is 0 Å². The molecule has 0 saturated heterocycles. The Morgan fingerprint density at radius 2 is 1.65 bits per heavy atom. The van der Waals surface area contributed by atoms with Crippen molar-refractivity contribution in [3.05, 3.63) is 12.2 Å². The summed E-state index contributed by atoms with van der Waals surface area (Å²) in [4.78, 5) is 16.0. The predicted molar refractivity (Wildman–Crippen MR) is 118 cm³/mol. The number of ether oxygens (including phenoxy) is 1. The molecule has 4 nitrogen and oxygen atoms in total. The molecule has 0 aromatic heterocycles. The summed E-state index contributed by atoms with van der Waals surface area (Å²) in [6, 6.07) is 1.05. The van der Waals surface area contributed by atoms with Crippen molar-refractivity contribution in [2.45, 2.75) is 96.5 Å². The van der Waals surface area contributed by atoms with Gasteiger partial charge in [0.05, 0.1) is 19.8 Å². The molecule has 2 unspecified atom stereocenters. The Kier molecular flexibility index (Phi) is 9.20. The third-order valence-electron chi connectivity index (χ3n) is 6.45. The molecule has 6 heteroatoms. The maximum absolute atomic E-state index is 11.5. The third kappa shape index (κ3) is 5.89. The first-order valence-corrected chi connectivity index (χ1v) is 15.8. The minimum atomic E-state index is -2.09. The monoisotopic (exact) mass is 399 g/mol. The van der Waals surface area contributed by atoms with Crippen molar-refractivity contribution in [3.8, 4) is 0 Å². The predicted octanol–water partition coefficient (Wildman–Crippen LogP) is 5.54. The minimum Gasteiger partial charge on any atom is -0.462 e. The number of hydrogen-bond donors (Lipinski definition) is 0. The van der Waals surface area contributed by atoms with E-state index in [1.165, 1.54) is 0 Å². The Morgan fingerprint density at radius 1 is 1.12 bits per heavy atom. The molecule has 0 bridgehead atoms. The van der Waals surface area contributed by atoms with Crippen LogP contribution >= 0.6 is 0 Å².